The molecule has 0 bridgehead atoms. The van der Waals surface area contributed by atoms with Gasteiger partial charge in [-0.1, -0.05) is 42.9 Å². The molecular weight excluding hydrogens is 324 g/mol. The molecule has 1 fully saturated rings. The predicted octanol–water partition coefficient (Wildman–Crippen LogP) is 2.03. The van der Waals surface area contributed by atoms with Crippen LogP contribution in [0.3, 0.4) is 0 Å². The maximum absolute atomic E-state index is 12.3. The quantitative estimate of drug-likeness (QED) is 0.741. The molecule has 0 aromatic heterocycles. The minimum atomic E-state index is -3.39. The van der Waals surface area contributed by atoms with Crippen LogP contribution in [0.1, 0.15) is 30.4 Å². The van der Waals surface area contributed by atoms with Gasteiger partial charge in [-0.05, 0) is 24.7 Å². The molecule has 4 nitrogen and oxygen atoms in total. The number of thioether (sulfide) groups is 1. The standard InChI is InChI=1S/C14H20N2O2S3/c1-20-14(7-4-8-14)10-16-21(17,18)9-11-5-2-3-6-12(11)13(15)19/h2-3,5-6,16H,4,7-10H2,1H3,(H2,15,19). The second kappa shape index (κ2) is 6.64. The van der Waals surface area contributed by atoms with E-state index in [0.717, 1.165) is 12.8 Å². The van der Waals surface area contributed by atoms with Gasteiger partial charge in [0.25, 0.3) is 0 Å². The fraction of sp³-hybridized carbons (Fsp3) is 0.500. The molecule has 0 aliphatic heterocycles. The zero-order chi connectivity index (χ0) is 15.5. The lowest BCUT2D eigenvalue weighted by Crippen LogP contribution is -2.45. The molecule has 0 atom stereocenters. The maximum Gasteiger partial charge on any atom is 0.215 e. The van der Waals surface area contributed by atoms with Gasteiger partial charge in [0.15, 0.2) is 0 Å². The fourth-order valence-electron chi connectivity index (χ4n) is 2.41. The Bertz CT molecular complexity index is 619. The number of sulfonamides is 1. The lowest BCUT2D eigenvalue weighted by Gasteiger charge is -2.40. The molecule has 0 heterocycles. The molecule has 0 radical (unpaired) electrons. The van der Waals surface area contributed by atoms with Crippen molar-refractivity contribution in [1.29, 1.82) is 0 Å². The Hall–Kier alpha value is -0.630. The van der Waals surface area contributed by atoms with E-state index in [1.165, 1.54) is 6.42 Å². The summed E-state index contributed by atoms with van der Waals surface area (Å²) in [4.78, 5) is 0.223. The van der Waals surface area contributed by atoms with E-state index in [0.29, 0.717) is 17.7 Å². The molecule has 1 aliphatic rings. The Labute approximate surface area is 135 Å². The third kappa shape index (κ3) is 4.18. The highest BCUT2D eigenvalue weighted by Crippen LogP contribution is 2.42. The first kappa shape index (κ1) is 16.7. The topological polar surface area (TPSA) is 72.2 Å². The summed E-state index contributed by atoms with van der Waals surface area (Å²) < 4.78 is 27.4. The lowest BCUT2D eigenvalue weighted by atomic mass is 9.84. The normalized spacial score (nSPS) is 17.2. The Morgan fingerprint density at radius 2 is 2.10 bits per heavy atom. The van der Waals surface area contributed by atoms with Crippen molar-refractivity contribution in [3.05, 3.63) is 35.4 Å². The molecule has 0 saturated heterocycles. The van der Waals surface area contributed by atoms with E-state index >= 15 is 0 Å². The van der Waals surface area contributed by atoms with Gasteiger partial charge in [-0.3, -0.25) is 0 Å². The van der Waals surface area contributed by atoms with Gasteiger partial charge in [0.1, 0.15) is 4.99 Å². The first-order valence-corrected chi connectivity index (χ1v) is 10.1. The van der Waals surface area contributed by atoms with Crippen molar-refractivity contribution in [3.63, 3.8) is 0 Å². The first-order valence-electron chi connectivity index (χ1n) is 6.78. The van der Waals surface area contributed by atoms with Gasteiger partial charge in [-0.25, -0.2) is 13.1 Å². The van der Waals surface area contributed by atoms with Crippen LogP contribution in [-0.2, 0) is 15.8 Å². The Kier molecular flexibility index (Phi) is 5.29. The van der Waals surface area contributed by atoms with Crippen molar-refractivity contribution in [2.75, 3.05) is 12.8 Å². The third-order valence-electron chi connectivity index (χ3n) is 3.94. The smallest absolute Gasteiger partial charge is 0.215 e. The number of hydrogen-bond donors (Lipinski definition) is 2. The number of thiocarbonyl (C=S) groups is 1. The minimum Gasteiger partial charge on any atom is -0.389 e. The van der Waals surface area contributed by atoms with Gasteiger partial charge in [-0.2, -0.15) is 11.8 Å². The molecule has 2 rings (SSSR count). The molecule has 0 spiro atoms. The van der Waals surface area contributed by atoms with E-state index in [2.05, 4.69) is 4.72 Å². The molecule has 1 aromatic carbocycles. The number of benzene rings is 1. The van der Waals surface area contributed by atoms with E-state index in [1.807, 2.05) is 6.26 Å². The van der Waals surface area contributed by atoms with Crippen LogP contribution >= 0.6 is 24.0 Å². The zero-order valence-electron chi connectivity index (χ0n) is 12.0. The molecule has 21 heavy (non-hydrogen) atoms. The maximum atomic E-state index is 12.3. The summed E-state index contributed by atoms with van der Waals surface area (Å²) in [5, 5.41) is 0. The Balaban J connectivity index is 2.06. The summed E-state index contributed by atoms with van der Waals surface area (Å²) in [6, 6.07) is 7.10. The molecule has 0 amide bonds. The van der Waals surface area contributed by atoms with Crippen LogP contribution in [0.5, 0.6) is 0 Å². The summed E-state index contributed by atoms with van der Waals surface area (Å²) in [6.45, 7) is 0.492. The van der Waals surface area contributed by atoms with E-state index in [-0.39, 0.29) is 15.5 Å². The molecular formula is C14H20N2O2S3. The third-order valence-corrected chi connectivity index (χ3v) is 6.85. The van der Waals surface area contributed by atoms with Gasteiger partial charge in [0.2, 0.25) is 10.0 Å². The highest BCUT2D eigenvalue weighted by Gasteiger charge is 2.36. The largest absolute Gasteiger partial charge is 0.389 e. The van der Waals surface area contributed by atoms with Gasteiger partial charge in [0, 0.05) is 16.9 Å². The molecule has 116 valence electrons. The van der Waals surface area contributed by atoms with Crippen molar-refractivity contribution in [2.24, 2.45) is 5.73 Å². The van der Waals surface area contributed by atoms with Crippen LogP contribution in [-0.4, -0.2) is 31.0 Å². The average Bonchev–Trinajstić information content (AvgIpc) is 2.37. The number of hydrogen-bond acceptors (Lipinski definition) is 4. The van der Waals surface area contributed by atoms with Crippen LogP contribution in [0.15, 0.2) is 24.3 Å². The molecule has 7 heteroatoms. The summed E-state index contributed by atoms with van der Waals surface area (Å²) >= 11 is 6.71. The van der Waals surface area contributed by atoms with Gasteiger partial charge >= 0.3 is 0 Å². The van der Waals surface area contributed by atoms with Gasteiger partial charge in [-0.15, -0.1) is 0 Å². The summed E-state index contributed by atoms with van der Waals surface area (Å²) in [5.41, 5.74) is 6.91. The highest BCUT2D eigenvalue weighted by atomic mass is 32.2. The van der Waals surface area contributed by atoms with E-state index in [9.17, 15) is 8.42 Å². The van der Waals surface area contributed by atoms with Crippen molar-refractivity contribution in [1.82, 2.24) is 4.72 Å². The predicted molar refractivity (Wildman–Crippen MR) is 93.1 cm³/mol. The molecule has 1 aromatic rings. The van der Waals surface area contributed by atoms with E-state index < -0.39 is 10.0 Å². The van der Waals surface area contributed by atoms with Gasteiger partial charge in [0.05, 0.1) is 5.75 Å². The monoisotopic (exact) mass is 344 g/mol. The molecule has 3 N–H and O–H groups in total. The average molecular weight is 345 g/mol. The van der Waals surface area contributed by atoms with Crippen LogP contribution in [0.2, 0.25) is 0 Å². The van der Waals surface area contributed by atoms with Crippen LogP contribution < -0.4 is 10.5 Å². The number of nitrogens with two attached hydrogens (primary N) is 1. The van der Waals surface area contributed by atoms with Crippen LogP contribution in [0.4, 0.5) is 0 Å². The second-order valence-corrected chi connectivity index (χ2v) is 8.86. The van der Waals surface area contributed by atoms with Crippen molar-refractivity contribution in [3.8, 4) is 0 Å². The summed E-state index contributed by atoms with van der Waals surface area (Å²) in [5.74, 6) is -0.0923. The highest BCUT2D eigenvalue weighted by molar-refractivity contribution is 8.00. The lowest BCUT2D eigenvalue weighted by molar-refractivity contribution is 0.361. The molecule has 1 aliphatic carbocycles. The van der Waals surface area contributed by atoms with Crippen molar-refractivity contribution < 1.29 is 8.42 Å². The van der Waals surface area contributed by atoms with Crippen molar-refractivity contribution >= 4 is 39.0 Å². The summed E-state index contributed by atoms with van der Waals surface area (Å²) in [7, 11) is -3.39. The number of nitrogens with one attached hydrogen (secondary N) is 1. The summed E-state index contributed by atoms with van der Waals surface area (Å²) in [6.07, 6.45) is 5.35. The van der Waals surface area contributed by atoms with Crippen LogP contribution in [0.25, 0.3) is 0 Å². The number of rotatable bonds is 7. The second-order valence-electron chi connectivity index (χ2n) is 5.34. The minimum absolute atomic E-state index is 0.0791. The van der Waals surface area contributed by atoms with Crippen LogP contribution in [0, 0.1) is 0 Å². The SMILES string of the molecule is CSC1(CNS(=O)(=O)Cc2ccccc2C(N)=S)CCC1. The van der Waals surface area contributed by atoms with Gasteiger partial charge < -0.3 is 5.73 Å². The Morgan fingerprint density at radius 3 is 2.62 bits per heavy atom. The fourth-order valence-corrected chi connectivity index (χ4v) is 4.87. The first-order chi connectivity index (χ1) is 9.87. The van der Waals surface area contributed by atoms with E-state index in [4.69, 9.17) is 18.0 Å². The molecule has 0 unspecified atom stereocenters. The van der Waals surface area contributed by atoms with Crippen molar-refractivity contribution in [2.45, 2.75) is 29.8 Å². The zero-order valence-corrected chi connectivity index (χ0v) is 14.4. The Morgan fingerprint density at radius 1 is 1.43 bits per heavy atom. The molecule has 1 saturated carbocycles. The van der Waals surface area contributed by atoms with E-state index in [1.54, 1.807) is 36.0 Å².